The highest BCUT2D eigenvalue weighted by Crippen LogP contribution is 2.46. The van der Waals surface area contributed by atoms with Crippen LogP contribution >= 0.6 is 0 Å². The van der Waals surface area contributed by atoms with Crippen LogP contribution < -0.4 is 5.32 Å². The molecule has 8 heteroatoms. The first-order chi connectivity index (χ1) is 15.9. The Morgan fingerprint density at radius 3 is 2.48 bits per heavy atom. The summed E-state index contributed by atoms with van der Waals surface area (Å²) in [6.45, 7) is 3.28. The second-order valence-corrected chi connectivity index (χ2v) is 11.9. The lowest BCUT2D eigenvalue weighted by atomic mass is 9.83. The lowest BCUT2D eigenvalue weighted by Crippen LogP contribution is -2.26. The van der Waals surface area contributed by atoms with Crippen LogP contribution in [0.2, 0.25) is 0 Å². The van der Waals surface area contributed by atoms with E-state index in [1.54, 1.807) is 18.5 Å². The van der Waals surface area contributed by atoms with Crippen LogP contribution in [0.3, 0.4) is 0 Å². The number of nitrogens with zero attached hydrogens (tertiary/aromatic N) is 2. The number of aryl methyl sites for hydroxylation is 1. The monoisotopic (exact) mass is 469 g/mol. The van der Waals surface area contributed by atoms with Gasteiger partial charge in [-0.2, -0.15) is 0 Å². The van der Waals surface area contributed by atoms with Crippen LogP contribution in [0.15, 0.2) is 35.5 Å². The van der Waals surface area contributed by atoms with Crippen LogP contribution in [0, 0.1) is 12.8 Å². The summed E-state index contributed by atoms with van der Waals surface area (Å²) in [7, 11) is -3.28. The van der Waals surface area contributed by atoms with Gasteiger partial charge < -0.3 is 10.1 Å². The molecular formula is C25H31N3O4S. The number of anilines is 1. The molecule has 1 atom stereocenters. The summed E-state index contributed by atoms with van der Waals surface area (Å²) in [5, 5.41) is 2.70. The van der Waals surface area contributed by atoms with Crippen LogP contribution in [0.5, 0.6) is 0 Å². The quantitative estimate of drug-likeness (QED) is 0.624. The fourth-order valence-corrected chi connectivity index (χ4v) is 6.62. The van der Waals surface area contributed by atoms with Crippen LogP contribution in [-0.4, -0.2) is 42.8 Å². The third-order valence-corrected chi connectivity index (χ3v) is 9.32. The molecule has 1 aliphatic heterocycles. The Hall–Kier alpha value is -2.32. The Labute approximate surface area is 195 Å². The summed E-state index contributed by atoms with van der Waals surface area (Å²) in [5.41, 5.74) is 2.57. The van der Waals surface area contributed by atoms with E-state index < -0.39 is 9.84 Å². The minimum absolute atomic E-state index is 0.126. The van der Waals surface area contributed by atoms with E-state index in [2.05, 4.69) is 15.3 Å². The second-order valence-electron chi connectivity index (χ2n) is 9.69. The molecule has 2 aliphatic carbocycles. The first kappa shape index (κ1) is 22.5. The van der Waals surface area contributed by atoms with Gasteiger partial charge in [0, 0.05) is 13.2 Å². The van der Waals surface area contributed by atoms with Gasteiger partial charge in [0.2, 0.25) is 5.91 Å². The van der Waals surface area contributed by atoms with Crippen LogP contribution in [0.25, 0.3) is 0 Å². The van der Waals surface area contributed by atoms with Gasteiger partial charge >= 0.3 is 0 Å². The topological polar surface area (TPSA) is 98.2 Å². The van der Waals surface area contributed by atoms with E-state index in [1.165, 1.54) is 0 Å². The van der Waals surface area contributed by atoms with Gasteiger partial charge in [-0.3, -0.25) is 9.78 Å². The minimum Gasteiger partial charge on any atom is -0.381 e. The summed E-state index contributed by atoms with van der Waals surface area (Å²) in [5.74, 6) is 0.588. The van der Waals surface area contributed by atoms with Gasteiger partial charge in [0.05, 0.1) is 34.2 Å². The predicted octanol–water partition coefficient (Wildman–Crippen LogP) is 4.14. The Kier molecular flexibility index (Phi) is 6.22. The van der Waals surface area contributed by atoms with Gasteiger partial charge in [0.15, 0.2) is 15.7 Å². The molecule has 0 unspecified atom stereocenters. The number of nitrogens with one attached hydrogen (secondary N) is 1. The Morgan fingerprint density at radius 2 is 1.85 bits per heavy atom. The molecule has 1 N–H and O–H groups in total. The highest BCUT2D eigenvalue weighted by molar-refractivity contribution is 7.92. The van der Waals surface area contributed by atoms with E-state index in [4.69, 9.17) is 4.74 Å². The van der Waals surface area contributed by atoms with Gasteiger partial charge in [-0.15, -0.1) is 0 Å². The highest BCUT2D eigenvalue weighted by atomic mass is 32.2. The van der Waals surface area contributed by atoms with Crippen LogP contribution in [-0.2, 0) is 19.4 Å². The number of carbonyl (C=O) groups excluding carboxylic acids is 1. The molecule has 1 saturated heterocycles. The summed E-state index contributed by atoms with van der Waals surface area (Å²) >= 11 is 0. The smallest absolute Gasteiger partial charge is 0.233 e. The minimum atomic E-state index is -3.28. The SMILES string of the molecule is Cc1cnc(NC(=O)[C@H](CC2CCOCC2)c2ccc(S(=O)(=O)C3CC3)c(C3CC3)c2)cn1. The van der Waals surface area contributed by atoms with E-state index in [0.29, 0.717) is 36.3 Å². The third-order valence-electron chi connectivity index (χ3n) is 6.98. The van der Waals surface area contributed by atoms with Gasteiger partial charge in [-0.25, -0.2) is 13.4 Å². The molecule has 1 amide bonds. The van der Waals surface area contributed by atoms with Crippen molar-refractivity contribution in [1.29, 1.82) is 0 Å². The number of benzene rings is 1. The van der Waals surface area contributed by atoms with E-state index in [0.717, 1.165) is 55.3 Å². The van der Waals surface area contributed by atoms with Crippen molar-refractivity contribution in [2.45, 2.75) is 73.9 Å². The zero-order valence-electron chi connectivity index (χ0n) is 19.0. The molecule has 1 aromatic heterocycles. The molecule has 0 spiro atoms. The third kappa shape index (κ3) is 5.11. The maximum Gasteiger partial charge on any atom is 0.233 e. The number of sulfone groups is 1. The summed E-state index contributed by atoms with van der Waals surface area (Å²) in [4.78, 5) is 22.4. The molecule has 1 aromatic carbocycles. The Morgan fingerprint density at radius 1 is 1.09 bits per heavy atom. The van der Waals surface area contributed by atoms with Crippen molar-refractivity contribution in [3.05, 3.63) is 47.4 Å². The van der Waals surface area contributed by atoms with Crippen molar-refractivity contribution in [1.82, 2.24) is 9.97 Å². The second kappa shape index (κ2) is 9.14. The maximum atomic E-state index is 13.4. The van der Waals surface area contributed by atoms with Gasteiger partial charge in [-0.05, 0) is 80.9 Å². The van der Waals surface area contributed by atoms with Crippen LogP contribution in [0.1, 0.15) is 73.6 Å². The molecule has 7 nitrogen and oxygen atoms in total. The van der Waals surface area contributed by atoms with Crippen molar-refractivity contribution >= 4 is 21.6 Å². The highest BCUT2D eigenvalue weighted by Gasteiger charge is 2.41. The van der Waals surface area contributed by atoms with Crippen molar-refractivity contribution in [2.24, 2.45) is 5.92 Å². The number of ether oxygens (including phenoxy) is 1. The molecule has 2 saturated carbocycles. The summed E-state index contributed by atoms with van der Waals surface area (Å²) < 4.78 is 31.6. The average molecular weight is 470 g/mol. The molecule has 2 aromatic rings. The van der Waals surface area contributed by atoms with E-state index in [1.807, 2.05) is 19.1 Å². The van der Waals surface area contributed by atoms with Crippen molar-refractivity contribution in [3.8, 4) is 0 Å². The Bertz CT molecular complexity index is 1120. The molecule has 33 heavy (non-hydrogen) atoms. The number of rotatable bonds is 8. The zero-order valence-corrected chi connectivity index (χ0v) is 19.8. The summed E-state index contributed by atoms with van der Waals surface area (Å²) in [6.07, 6.45) is 9.27. The molecule has 3 aliphatic rings. The molecule has 0 radical (unpaired) electrons. The first-order valence-electron chi connectivity index (χ1n) is 12.0. The van der Waals surface area contributed by atoms with Crippen LogP contribution in [0.4, 0.5) is 5.82 Å². The summed E-state index contributed by atoms with van der Waals surface area (Å²) in [6, 6.07) is 5.61. The number of hydrogen-bond donors (Lipinski definition) is 1. The largest absolute Gasteiger partial charge is 0.381 e. The number of carbonyl (C=O) groups is 1. The lowest BCUT2D eigenvalue weighted by Gasteiger charge is -2.27. The van der Waals surface area contributed by atoms with Gasteiger partial charge in [-0.1, -0.05) is 12.1 Å². The predicted molar refractivity (Wildman–Crippen MR) is 125 cm³/mol. The normalized spacial score (nSPS) is 20.4. The van der Waals surface area contributed by atoms with Crippen molar-refractivity contribution in [2.75, 3.05) is 18.5 Å². The number of hydrogen-bond acceptors (Lipinski definition) is 6. The molecule has 3 fully saturated rings. The average Bonchev–Trinajstić information content (AvgIpc) is 3.72. The molecular weight excluding hydrogens is 438 g/mol. The van der Waals surface area contributed by atoms with E-state index in [-0.39, 0.29) is 23.0 Å². The maximum absolute atomic E-state index is 13.4. The van der Waals surface area contributed by atoms with Crippen molar-refractivity contribution < 1.29 is 17.9 Å². The Balaban J connectivity index is 1.46. The zero-order chi connectivity index (χ0) is 23.0. The van der Waals surface area contributed by atoms with E-state index in [9.17, 15) is 13.2 Å². The molecule has 176 valence electrons. The van der Waals surface area contributed by atoms with Crippen molar-refractivity contribution in [3.63, 3.8) is 0 Å². The number of aromatic nitrogens is 2. The molecule has 2 heterocycles. The first-order valence-corrected chi connectivity index (χ1v) is 13.5. The van der Waals surface area contributed by atoms with Gasteiger partial charge in [0.25, 0.3) is 0 Å². The molecule has 5 rings (SSSR count). The van der Waals surface area contributed by atoms with Gasteiger partial charge in [0.1, 0.15) is 0 Å². The number of amides is 1. The molecule has 0 bridgehead atoms. The van der Waals surface area contributed by atoms with E-state index >= 15 is 0 Å². The lowest BCUT2D eigenvalue weighted by molar-refractivity contribution is -0.118. The standard InChI is InChI=1S/C25H31N3O4S/c1-16-14-27-24(15-26-16)28-25(29)22(12-17-8-10-32-11-9-17)19-4-7-23(21(13-19)18-2-3-18)33(30,31)20-5-6-20/h4,7,13-15,17-18,20,22H,2-3,5-6,8-12H2,1H3,(H,27,28,29)/t22-/m1/s1. The fourth-order valence-electron chi connectivity index (χ4n) is 4.69. The fraction of sp³-hybridized carbons (Fsp3) is 0.560.